The zero-order valence-electron chi connectivity index (χ0n) is 13.5. The first-order chi connectivity index (χ1) is 11.2. The summed E-state index contributed by atoms with van der Waals surface area (Å²) in [7, 11) is 0. The van der Waals surface area contributed by atoms with E-state index in [2.05, 4.69) is 46.4 Å². The first kappa shape index (κ1) is 15.7. The van der Waals surface area contributed by atoms with E-state index in [1.54, 1.807) is 24.5 Å². The molecule has 1 amide bonds. The maximum atomic E-state index is 12.3. The molecule has 23 heavy (non-hydrogen) atoms. The lowest BCUT2D eigenvalue weighted by Crippen LogP contribution is -2.36. The van der Waals surface area contributed by atoms with Crippen molar-refractivity contribution < 1.29 is 4.79 Å². The van der Waals surface area contributed by atoms with Crippen molar-refractivity contribution in [3.63, 3.8) is 0 Å². The molecule has 1 aromatic heterocycles. The number of pyridine rings is 1. The van der Waals surface area contributed by atoms with Crippen LogP contribution in [-0.4, -0.2) is 35.4 Å². The van der Waals surface area contributed by atoms with Gasteiger partial charge in [-0.25, -0.2) is 0 Å². The van der Waals surface area contributed by atoms with Gasteiger partial charge in [-0.2, -0.15) is 0 Å². The highest BCUT2D eigenvalue weighted by Gasteiger charge is 2.24. The van der Waals surface area contributed by atoms with Crippen LogP contribution in [0.25, 0.3) is 0 Å². The second-order valence-corrected chi connectivity index (χ2v) is 6.12. The van der Waals surface area contributed by atoms with Crippen LogP contribution >= 0.6 is 0 Å². The van der Waals surface area contributed by atoms with Crippen molar-refractivity contribution in [1.82, 2.24) is 15.2 Å². The second-order valence-electron chi connectivity index (χ2n) is 6.12. The predicted molar refractivity (Wildman–Crippen MR) is 91.3 cm³/mol. The zero-order chi connectivity index (χ0) is 16.1. The molecule has 1 unspecified atom stereocenters. The monoisotopic (exact) mass is 309 g/mol. The summed E-state index contributed by atoms with van der Waals surface area (Å²) >= 11 is 0. The van der Waals surface area contributed by atoms with Gasteiger partial charge in [0.2, 0.25) is 0 Å². The number of nitrogens with one attached hydrogen (secondary N) is 1. The molecule has 0 aliphatic carbocycles. The predicted octanol–water partition coefficient (Wildman–Crippen LogP) is 2.96. The summed E-state index contributed by atoms with van der Waals surface area (Å²) in [6.07, 6.45) is 5.75. The number of likely N-dealkylation sites (tertiary alicyclic amines) is 1. The van der Waals surface area contributed by atoms with E-state index in [9.17, 15) is 4.79 Å². The molecule has 4 nitrogen and oxygen atoms in total. The third-order valence-corrected chi connectivity index (χ3v) is 4.42. The fourth-order valence-corrected chi connectivity index (χ4v) is 3.09. The normalized spacial score (nSPS) is 16.2. The lowest BCUT2D eigenvalue weighted by atomic mass is 10.0. The van der Waals surface area contributed by atoms with E-state index in [1.165, 1.54) is 24.0 Å². The SMILES string of the molecule is Cc1ccc(C(CNC(=O)c2cccnc2)N2CCCC2)cc1. The minimum absolute atomic E-state index is 0.0607. The molecule has 0 spiro atoms. The molecule has 1 N–H and O–H groups in total. The van der Waals surface area contributed by atoms with Gasteiger partial charge in [-0.05, 0) is 50.6 Å². The number of carbonyl (C=O) groups is 1. The molecule has 1 atom stereocenters. The number of amides is 1. The van der Waals surface area contributed by atoms with Crippen molar-refractivity contribution in [1.29, 1.82) is 0 Å². The van der Waals surface area contributed by atoms with Gasteiger partial charge in [-0.15, -0.1) is 0 Å². The third kappa shape index (κ3) is 3.96. The minimum atomic E-state index is -0.0607. The van der Waals surface area contributed by atoms with Gasteiger partial charge in [0.25, 0.3) is 5.91 Å². The van der Waals surface area contributed by atoms with Gasteiger partial charge in [0.15, 0.2) is 0 Å². The number of aromatic nitrogens is 1. The van der Waals surface area contributed by atoms with Crippen LogP contribution in [0.1, 0.15) is 40.4 Å². The molecule has 3 rings (SSSR count). The van der Waals surface area contributed by atoms with Gasteiger partial charge >= 0.3 is 0 Å². The molecule has 2 heterocycles. The largest absolute Gasteiger partial charge is 0.350 e. The molecule has 1 fully saturated rings. The molecule has 1 aromatic carbocycles. The van der Waals surface area contributed by atoms with Crippen LogP contribution in [0.5, 0.6) is 0 Å². The van der Waals surface area contributed by atoms with Gasteiger partial charge in [0.05, 0.1) is 11.6 Å². The highest BCUT2D eigenvalue weighted by molar-refractivity contribution is 5.93. The van der Waals surface area contributed by atoms with E-state index in [4.69, 9.17) is 0 Å². The topological polar surface area (TPSA) is 45.2 Å². The number of nitrogens with zero attached hydrogens (tertiary/aromatic N) is 2. The van der Waals surface area contributed by atoms with E-state index in [1.807, 2.05) is 0 Å². The van der Waals surface area contributed by atoms with E-state index < -0.39 is 0 Å². The molecule has 1 saturated heterocycles. The summed E-state index contributed by atoms with van der Waals surface area (Å²) in [5, 5.41) is 3.07. The van der Waals surface area contributed by atoms with Crippen LogP contribution in [0.15, 0.2) is 48.8 Å². The fraction of sp³-hybridized carbons (Fsp3) is 0.368. The zero-order valence-corrected chi connectivity index (χ0v) is 13.5. The first-order valence-electron chi connectivity index (χ1n) is 8.23. The summed E-state index contributed by atoms with van der Waals surface area (Å²) in [4.78, 5) is 18.8. The van der Waals surface area contributed by atoms with Gasteiger partial charge in [-0.1, -0.05) is 29.8 Å². The third-order valence-electron chi connectivity index (χ3n) is 4.42. The lowest BCUT2D eigenvalue weighted by Gasteiger charge is -2.28. The van der Waals surface area contributed by atoms with Gasteiger partial charge < -0.3 is 5.32 Å². The Balaban J connectivity index is 1.71. The van der Waals surface area contributed by atoms with E-state index >= 15 is 0 Å². The van der Waals surface area contributed by atoms with Gasteiger partial charge in [0, 0.05) is 18.9 Å². The number of aryl methyl sites for hydroxylation is 1. The summed E-state index contributed by atoms with van der Waals surface area (Å²) in [6, 6.07) is 12.4. The Kier molecular flexibility index (Phi) is 5.03. The van der Waals surface area contributed by atoms with E-state index in [0.29, 0.717) is 12.1 Å². The Morgan fingerprint density at radius 3 is 2.61 bits per heavy atom. The molecule has 120 valence electrons. The van der Waals surface area contributed by atoms with Crippen molar-refractivity contribution in [3.8, 4) is 0 Å². The molecule has 4 heteroatoms. The highest BCUT2D eigenvalue weighted by Crippen LogP contribution is 2.25. The van der Waals surface area contributed by atoms with Crippen molar-refractivity contribution >= 4 is 5.91 Å². The fourth-order valence-electron chi connectivity index (χ4n) is 3.09. The van der Waals surface area contributed by atoms with E-state index in [0.717, 1.165) is 13.1 Å². The van der Waals surface area contributed by atoms with Gasteiger partial charge in [-0.3, -0.25) is 14.7 Å². The van der Waals surface area contributed by atoms with Crippen LogP contribution in [0.2, 0.25) is 0 Å². The lowest BCUT2D eigenvalue weighted by molar-refractivity contribution is 0.0937. The van der Waals surface area contributed by atoms with Crippen molar-refractivity contribution in [2.24, 2.45) is 0 Å². The Bertz CT molecular complexity index is 633. The Morgan fingerprint density at radius 1 is 1.22 bits per heavy atom. The Labute approximate surface area is 137 Å². The minimum Gasteiger partial charge on any atom is -0.350 e. The summed E-state index contributed by atoms with van der Waals surface area (Å²) in [5.74, 6) is -0.0607. The number of hydrogen-bond donors (Lipinski definition) is 1. The Morgan fingerprint density at radius 2 is 1.96 bits per heavy atom. The quantitative estimate of drug-likeness (QED) is 0.923. The maximum Gasteiger partial charge on any atom is 0.252 e. The van der Waals surface area contributed by atoms with Crippen LogP contribution in [-0.2, 0) is 0 Å². The average molecular weight is 309 g/mol. The summed E-state index contributed by atoms with van der Waals surface area (Å²) in [5.41, 5.74) is 3.13. The van der Waals surface area contributed by atoms with Crippen molar-refractivity contribution in [2.75, 3.05) is 19.6 Å². The smallest absolute Gasteiger partial charge is 0.252 e. The number of benzene rings is 1. The van der Waals surface area contributed by atoms with E-state index in [-0.39, 0.29) is 11.9 Å². The molecule has 0 bridgehead atoms. The van der Waals surface area contributed by atoms with Crippen LogP contribution in [0.4, 0.5) is 0 Å². The highest BCUT2D eigenvalue weighted by atomic mass is 16.1. The first-order valence-corrected chi connectivity index (χ1v) is 8.23. The molecular formula is C19H23N3O. The standard InChI is InChI=1S/C19H23N3O/c1-15-6-8-16(9-7-15)18(22-11-2-3-12-22)14-21-19(23)17-5-4-10-20-13-17/h4-10,13,18H,2-3,11-12,14H2,1H3,(H,21,23). The van der Waals surface area contributed by atoms with Crippen LogP contribution in [0.3, 0.4) is 0 Å². The van der Waals surface area contributed by atoms with Crippen molar-refractivity contribution in [3.05, 3.63) is 65.5 Å². The molecule has 1 aliphatic heterocycles. The summed E-state index contributed by atoms with van der Waals surface area (Å²) < 4.78 is 0. The van der Waals surface area contributed by atoms with Crippen molar-refractivity contribution in [2.45, 2.75) is 25.8 Å². The number of rotatable bonds is 5. The average Bonchev–Trinajstić information content (AvgIpc) is 3.11. The van der Waals surface area contributed by atoms with Crippen LogP contribution in [0, 0.1) is 6.92 Å². The molecule has 0 radical (unpaired) electrons. The van der Waals surface area contributed by atoms with Gasteiger partial charge in [0.1, 0.15) is 0 Å². The number of carbonyl (C=O) groups excluding carboxylic acids is 1. The molecule has 1 aliphatic rings. The number of hydrogen-bond acceptors (Lipinski definition) is 3. The maximum absolute atomic E-state index is 12.3. The second kappa shape index (κ2) is 7.38. The summed E-state index contributed by atoms with van der Waals surface area (Å²) in [6.45, 7) is 4.91. The molecular weight excluding hydrogens is 286 g/mol. The Hall–Kier alpha value is -2.20. The van der Waals surface area contributed by atoms with Crippen LogP contribution < -0.4 is 5.32 Å². The molecule has 0 saturated carbocycles. The molecule has 2 aromatic rings.